The molecule has 0 saturated heterocycles. The van der Waals surface area contributed by atoms with Gasteiger partial charge in [0.1, 0.15) is 0 Å². The molecule has 0 saturated carbocycles. The number of thiol groups is 1. The van der Waals surface area contributed by atoms with E-state index < -0.39 is 11.7 Å². The second-order valence-corrected chi connectivity index (χ2v) is 4.34. The molecule has 1 rings (SSSR count). The van der Waals surface area contributed by atoms with Gasteiger partial charge in [0.05, 0.1) is 5.56 Å². The average Bonchev–Trinajstić information content (AvgIpc) is 2.19. The zero-order valence-corrected chi connectivity index (χ0v) is 10.2. The van der Waals surface area contributed by atoms with Crippen molar-refractivity contribution in [3.63, 3.8) is 0 Å². The second-order valence-electron chi connectivity index (χ2n) is 3.48. The second kappa shape index (κ2) is 5.82. The molecule has 0 radical (unpaired) electrons. The number of halogens is 4. The van der Waals surface area contributed by atoms with Crippen molar-refractivity contribution in [2.75, 3.05) is 5.75 Å². The molecule has 0 nitrogen and oxygen atoms in total. The van der Waals surface area contributed by atoms with Crippen molar-refractivity contribution in [1.82, 2.24) is 0 Å². The van der Waals surface area contributed by atoms with E-state index in [1.807, 2.05) is 0 Å². The van der Waals surface area contributed by atoms with Gasteiger partial charge in [-0.05, 0) is 48.8 Å². The minimum atomic E-state index is -4.30. The summed E-state index contributed by atoms with van der Waals surface area (Å²) >= 11 is 9.88. The summed E-state index contributed by atoms with van der Waals surface area (Å²) in [5, 5.41) is 0.396. The predicted octanol–water partition coefficient (Wildman–Crippen LogP) is 4.61. The maximum absolute atomic E-state index is 12.4. The first-order chi connectivity index (χ1) is 7.45. The molecule has 0 aliphatic rings. The fourth-order valence-electron chi connectivity index (χ4n) is 1.37. The first-order valence-electron chi connectivity index (χ1n) is 4.91. The van der Waals surface area contributed by atoms with E-state index in [1.165, 1.54) is 6.07 Å². The van der Waals surface area contributed by atoms with Crippen molar-refractivity contribution < 1.29 is 13.2 Å². The highest BCUT2D eigenvalue weighted by atomic mass is 35.5. The molecule has 0 aromatic heterocycles. The van der Waals surface area contributed by atoms with Gasteiger partial charge in [-0.25, -0.2) is 0 Å². The normalized spacial score (nSPS) is 11.8. The molecule has 0 atom stereocenters. The van der Waals surface area contributed by atoms with Crippen LogP contribution in [-0.4, -0.2) is 5.75 Å². The van der Waals surface area contributed by atoms with Crippen LogP contribution in [0.1, 0.15) is 24.0 Å². The number of benzene rings is 1. The Morgan fingerprint density at radius 1 is 1.19 bits per heavy atom. The zero-order valence-electron chi connectivity index (χ0n) is 8.52. The molecular formula is C11H12ClF3S. The topological polar surface area (TPSA) is 0 Å². The van der Waals surface area contributed by atoms with Crippen LogP contribution in [0.4, 0.5) is 13.2 Å². The Morgan fingerprint density at radius 3 is 2.44 bits per heavy atom. The van der Waals surface area contributed by atoms with Gasteiger partial charge in [-0.1, -0.05) is 11.6 Å². The molecule has 1 aromatic rings. The van der Waals surface area contributed by atoms with E-state index in [1.54, 1.807) is 0 Å². The van der Waals surface area contributed by atoms with Crippen LogP contribution in [0.2, 0.25) is 5.02 Å². The Kier molecular flexibility index (Phi) is 4.99. The van der Waals surface area contributed by atoms with Crippen LogP contribution in [0.3, 0.4) is 0 Å². The maximum atomic E-state index is 12.4. The minimum Gasteiger partial charge on any atom is -0.179 e. The summed E-state index contributed by atoms with van der Waals surface area (Å²) in [6.07, 6.45) is -2.08. The summed E-state index contributed by atoms with van der Waals surface area (Å²) in [5.74, 6) is 0.733. The van der Waals surface area contributed by atoms with Gasteiger partial charge in [0.15, 0.2) is 0 Å². The van der Waals surface area contributed by atoms with Crippen molar-refractivity contribution >= 4 is 24.2 Å². The Balaban J connectivity index is 2.83. The Morgan fingerprint density at radius 2 is 1.88 bits per heavy atom. The fraction of sp³-hybridized carbons (Fsp3) is 0.455. The maximum Gasteiger partial charge on any atom is 0.416 e. The molecule has 0 fully saturated rings. The lowest BCUT2D eigenvalue weighted by Gasteiger charge is -2.10. The molecule has 0 heterocycles. The third-order valence-electron chi connectivity index (χ3n) is 2.23. The van der Waals surface area contributed by atoms with Gasteiger partial charge in [0.25, 0.3) is 0 Å². The van der Waals surface area contributed by atoms with Crippen molar-refractivity contribution in [3.05, 3.63) is 34.3 Å². The van der Waals surface area contributed by atoms with Gasteiger partial charge in [-0.3, -0.25) is 0 Å². The summed E-state index contributed by atoms with van der Waals surface area (Å²) in [6.45, 7) is 0. The molecule has 0 bridgehead atoms. The summed E-state index contributed by atoms with van der Waals surface area (Å²) in [7, 11) is 0. The highest BCUT2D eigenvalue weighted by molar-refractivity contribution is 7.80. The zero-order chi connectivity index (χ0) is 12.2. The van der Waals surface area contributed by atoms with Crippen molar-refractivity contribution in [2.45, 2.75) is 25.4 Å². The van der Waals surface area contributed by atoms with E-state index in [-0.39, 0.29) is 0 Å². The molecule has 0 N–H and O–H groups in total. The van der Waals surface area contributed by atoms with Gasteiger partial charge in [0.2, 0.25) is 0 Å². The van der Waals surface area contributed by atoms with Gasteiger partial charge < -0.3 is 0 Å². The van der Waals surface area contributed by atoms with E-state index in [9.17, 15) is 13.2 Å². The van der Waals surface area contributed by atoms with Crippen LogP contribution in [0.5, 0.6) is 0 Å². The quantitative estimate of drug-likeness (QED) is 0.598. The lowest BCUT2D eigenvalue weighted by atomic mass is 10.1. The molecule has 0 unspecified atom stereocenters. The Bertz CT molecular complexity index is 350. The lowest BCUT2D eigenvalue weighted by Crippen LogP contribution is -2.05. The van der Waals surface area contributed by atoms with Crippen LogP contribution in [-0.2, 0) is 12.6 Å². The molecule has 90 valence electrons. The standard InChI is InChI=1S/C11H12ClF3S/c12-10-5-4-9(11(13,14)15)7-8(10)3-1-2-6-16/h4-5,7,16H,1-3,6H2. The van der Waals surface area contributed by atoms with Gasteiger partial charge >= 0.3 is 6.18 Å². The third-order valence-corrected chi connectivity index (χ3v) is 2.91. The molecule has 0 aliphatic heterocycles. The average molecular weight is 269 g/mol. The fourth-order valence-corrected chi connectivity index (χ4v) is 1.81. The van der Waals surface area contributed by atoms with Crippen LogP contribution >= 0.6 is 24.2 Å². The number of hydrogen-bond donors (Lipinski definition) is 1. The lowest BCUT2D eigenvalue weighted by molar-refractivity contribution is -0.137. The number of unbranched alkanes of at least 4 members (excludes halogenated alkanes) is 1. The van der Waals surface area contributed by atoms with E-state index in [2.05, 4.69) is 12.6 Å². The highest BCUT2D eigenvalue weighted by Gasteiger charge is 2.30. The van der Waals surface area contributed by atoms with E-state index in [0.717, 1.165) is 30.7 Å². The van der Waals surface area contributed by atoms with Crippen molar-refractivity contribution in [1.29, 1.82) is 0 Å². The molecule has 0 aliphatic carbocycles. The van der Waals surface area contributed by atoms with Crippen molar-refractivity contribution in [3.8, 4) is 0 Å². The van der Waals surface area contributed by atoms with E-state index in [0.29, 0.717) is 17.0 Å². The first-order valence-corrected chi connectivity index (χ1v) is 5.92. The Hall–Kier alpha value is -0.350. The highest BCUT2D eigenvalue weighted by Crippen LogP contribution is 2.32. The minimum absolute atomic E-state index is 0.396. The summed E-state index contributed by atoms with van der Waals surface area (Å²) in [5.41, 5.74) is -0.0870. The number of alkyl halides is 3. The summed E-state index contributed by atoms with van der Waals surface area (Å²) < 4.78 is 37.3. The third kappa shape index (κ3) is 3.91. The SMILES string of the molecule is FC(F)(F)c1ccc(Cl)c(CCCCS)c1. The first kappa shape index (κ1) is 13.7. The largest absolute Gasteiger partial charge is 0.416 e. The molecule has 16 heavy (non-hydrogen) atoms. The van der Waals surface area contributed by atoms with Crippen LogP contribution < -0.4 is 0 Å². The molecule has 0 spiro atoms. The van der Waals surface area contributed by atoms with Crippen molar-refractivity contribution in [2.24, 2.45) is 0 Å². The van der Waals surface area contributed by atoms with E-state index in [4.69, 9.17) is 11.6 Å². The van der Waals surface area contributed by atoms with Crippen LogP contribution in [0.15, 0.2) is 18.2 Å². The van der Waals surface area contributed by atoms with Gasteiger partial charge in [0, 0.05) is 5.02 Å². The molecule has 5 heteroatoms. The summed E-state index contributed by atoms with van der Waals surface area (Å²) in [4.78, 5) is 0. The monoisotopic (exact) mass is 268 g/mol. The smallest absolute Gasteiger partial charge is 0.179 e. The Labute approximate surface area is 103 Å². The van der Waals surface area contributed by atoms with Crippen LogP contribution in [0, 0.1) is 0 Å². The molecular weight excluding hydrogens is 257 g/mol. The summed E-state index contributed by atoms with van der Waals surface area (Å²) in [6, 6.07) is 3.44. The molecule has 1 aromatic carbocycles. The van der Waals surface area contributed by atoms with Crippen LogP contribution in [0.25, 0.3) is 0 Å². The van der Waals surface area contributed by atoms with E-state index >= 15 is 0 Å². The number of hydrogen-bond acceptors (Lipinski definition) is 1. The van der Waals surface area contributed by atoms with Gasteiger partial charge in [-0.2, -0.15) is 25.8 Å². The number of aryl methyl sites for hydroxylation is 1. The number of rotatable bonds is 4. The predicted molar refractivity (Wildman–Crippen MR) is 63.2 cm³/mol. The molecule has 0 amide bonds. The van der Waals surface area contributed by atoms with Gasteiger partial charge in [-0.15, -0.1) is 0 Å².